The highest BCUT2D eigenvalue weighted by Crippen LogP contribution is 2.51. The minimum atomic E-state index is -0.0168. The molecule has 4 heteroatoms. The van der Waals surface area contributed by atoms with Gasteiger partial charge >= 0.3 is 0 Å². The normalized spacial score (nSPS) is 14.2. The summed E-state index contributed by atoms with van der Waals surface area (Å²) in [6.45, 7) is 4.68. The number of thiophene rings is 1. The molecule has 6 aromatic carbocycles. The number of hydrogen-bond donors (Lipinski definition) is 0. The highest BCUT2D eigenvalue weighted by atomic mass is 32.1. The van der Waals surface area contributed by atoms with E-state index in [1.54, 1.807) is 0 Å². The number of benzene rings is 6. The lowest BCUT2D eigenvalue weighted by molar-refractivity contribution is 0.660. The summed E-state index contributed by atoms with van der Waals surface area (Å²) in [6, 6.07) is 42.3. The summed E-state index contributed by atoms with van der Waals surface area (Å²) < 4.78 is 5.00. The summed E-state index contributed by atoms with van der Waals surface area (Å²) in [5.41, 5.74) is 14.0. The van der Waals surface area contributed by atoms with Crippen LogP contribution in [0.4, 0.5) is 0 Å². The molecule has 0 amide bonds. The van der Waals surface area contributed by atoms with Gasteiger partial charge in [-0.25, -0.2) is 9.97 Å². The van der Waals surface area contributed by atoms with Crippen LogP contribution in [0.1, 0.15) is 25.0 Å². The number of hydrogen-bond acceptors (Lipinski definition) is 3. The molecule has 210 valence electrons. The van der Waals surface area contributed by atoms with Crippen molar-refractivity contribution in [2.75, 3.05) is 0 Å². The van der Waals surface area contributed by atoms with Gasteiger partial charge in [0.25, 0.3) is 0 Å². The Morgan fingerprint density at radius 3 is 2.24 bits per heavy atom. The highest BCUT2D eigenvalue weighted by Gasteiger charge is 2.35. The maximum atomic E-state index is 5.24. The van der Waals surface area contributed by atoms with Crippen LogP contribution < -0.4 is 0 Å². The van der Waals surface area contributed by atoms with Crippen LogP contribution in [0.15, 0.2) is 115 Å². The largest absolute Gasteiger partial charge is 0.291 e. The highest BCUT2D eigenvalue weighted by molar-refractivity contribution is 7.26. The van der Waals surface area contributed by atoms with Gasteiger partial charge in [0, 0.05) is 41.7 Å². The summed E-state index contributed by atoms with van der Waals surface area (Å²) in [7, 11) is 0. The number of fused-ring (bicyclic) bond motifs is 14. The Morgan fingerprint density at radius 2 is 1.33 bits per heavy atom. The van der Waals surface area contributed by atoms with E-state index in [1.165, 1.54) is 75.4 Å². The fraction of sp³-hybridized carbons (Fsp3) is 0.0732. The smallest absolute Gasteiger partial charge is 0.165 e. The van der Waals surface area contributed by atoms with Crippen LogP contribution in [-0.4, -0.2) is 14.4 Å². The van der Waals surface area contributed by atoms with E-state index in [0.29, 0.717) is 0 Å². The summed E-state index contributed by atoms with van der Waals surface area (Å²) in [4.78, 5) is 10.5. The van der Waals surface area contributed by atoms with E-state index < -0.39 is 0 Å². The zero-order valence-corrected chi connectivity index (χ0v) is 25.5. The molecular weight excluding hydrogens is 567 g/mol. The van der Waals surface area contributed by atoms with Gasteiger partial charge in [0.1, 0.15) is 5.52 Å². The Kier molecular flexibility index (Phi) is 4.29. The number of para-hydroxylation sites is 2. The van der Waals surface area contributed by atoms with Gasteiger partial charge in [-0.05, 0) is 81.9 Å². The molecule has 0 spiro atoms. The van der Waals surface area contributed by atoms with Crippen molar-refractivity contribution in [3.8, 4) is 22.3 Å². The Balaban J connectivity index is 1.31. The van der Waals surface area contributed by atoms with Crippen molar-refractivity contribution in [2.45, 2.75) is 19.3 Å². The van der Waals surface area contributed by atoms with E-state index in [4.69, 9.17) is 9.97 Å². The van der Waals surface area contributed by atoms with Crippen LogP contribution in [0.3, 0.4) is 0 Å². The van der Waals surface area contributed by atoms with E-state index in [1.807, 2.05) is 23.5 Å². The van der Waals surface area contributed by atoms with Gasteiger partial charge in [-0.15, -0.1) is 11.3 Å². The summed E-state index contributed by atoms with van der Waals surface area (Å²) in [6.07, 6.45) is 0. The molecule has 4 heterocycles. The molecule has 1 aliphatic rings. The fourth-order valence-corrected chi connectivity index (χ4v) is 9.36. The average Bonchev–Trinajstić information content (AvgIpc) is 3.77. The summed E-state index contributed by atoms with van der Waals surface area (Å²) in [5, 5.41) is 6.37. The molecule has 0 bridgehead atoms. The molecule has 3 nitrogen and oxygen atoms in total. The molecule has 0 N–H and O–H groups in total. The van der Waals surface area contributed by atoms with Gasteiger partial charge in [-0.2, -0.15) is 0 Å². The third kappa shape index (κ3) is 2.91. The van der Waals surface area contributed by atoms with Crippen LogP contribution in [0, 0.1) is 0 Å². The molecule has 0 saturated heterocycles. The van der Waals surface area contributed by atoms with Crippen LogP contribution in [0.25, 0.3) is 91.8 Å². The van der Waals surface area contributed by atoms with E-state index in [9.17, 15) is 0 Å². The van der Waals surface area contributed by atoms with E-state index in [-0.39, 0.29) is 5.41 Å². The molecule has 45 heavy (non-hydrogen) atoms. The first-order chi connectivity index (χ1) is 22.1. The minimum absolute atomic E-state index is 0.0168. The Morgan fingerprint density at radius 1 is 0.578 bits per heavy atom. The van der Waals surface area contributed by atoms with Crippen molar-refractivity contribution in [2.24, 2.45) is 0 Å². The lowest BCUT2D eigenvalue weighted by Crippen LogP contribution is -2.14. The molecule has 1 aliphatic carbocycles. The number of rotatable bonds is 1. The maximum absolute atomic E-state index is 5.24. The topological polar surface area (TPSA) is 30.2 Å². The summed E-state index contributed by atoms with van der Waals surface area (Å²) in [5.74, 6) is 0. The molecule has 4 aromatic heterocycles. The second-order valence-electron chi connectivity index (χ2n) is 13.0. The van der Waals surface area contributed by atoms with E-state index >= 15 is 0 Å². The number of nitrogens with zero attached hydrogens (tertiary/aromatic N) is 3. The third-order valence-corrected chi connectivity index (χ3v) is 11.4. The second-order valence-corrected chi connectivity index (χ2v) is 14.1. The second kappa shape index (κ2) is 8.03. The zero-order chi connectivity index (χ0) is 29.6. The van der Waals surface area contributed by atoms with Crippen molar-refractivity contribution < 1.29 is 0 Å². The number of aromatic nitrogens is 3. The molecule has 0 aliphatic heterocycles. The first kappa shape index (κ1) is 24.1. The van der Waals surface area contributed by atoms with Crippen molar-refractivity contribution in [3.05, 3.63) is 126 Å². The van der Waals surface area contributed by atoms with Crippen LogP contribution in [0.5, 0.6) is 0 Å². The van der Waals surface area contributed by atoms with Crippen molar-refractivity contribution in [1.82, 2.24) is 14.4 Å². The van der Waals surface area contributed by atoms with Gasteiger partial charge < -0.3 is 0 Å². The molecule has 11 rings (SSSR count). The lowest BCUT2D eigenvalue weighted by Gasteiger charge is -2.21. The van der Waals surface area contributed by atoms with Crippen molar-refractivity contribution in [1.29, 1.82) is 0 Å². The van der Waals surface area contributed by atoms with Gasteiger partial charge in [0.15, 0.2) is 5.65 Å². The standard InChI is InChI=1S/C41H25N3S/c1-41(2)29-11-5-3-9-24(29)26-19-22(15-16-30(26)41)23-20-27-36-33(17-18-35-37(36)25-10-4-8-14-34(25)45-35)44-39(27)28(21-23)38-40(44)43-32-13-7-6-12-31(32)42-38/h3-21H,1-2H3. The van der Waals surface area contributed by atoms with E-state index in [2.05, 4.69) is 121 Å². The first-order valence-electron chi connectivity index (χ1n) is 15.5. The van der Waals surface area contributed by atoms with Crippen LogP contribution in [-0.2, 0) is 5.41 Å². The zero-order valence-electron chi connectivity index (χ0n) is 24.7. The SMILES string of the molecule is CC1(C)c2ccccc2-c2cc(-c3cc4c5nc6ccccc6nc5n5c6ccc7sc8ccccc8c7c6c(c3)c45)ccc21. The molecular formula is C41H25N3S. The van der Waals surface area contributed by atoms with Gasteiger partial charge in [0.2, 0.25) is 0 Å². The average molecular weight is 592 g/mol. The van der Waals surface area contributed by atoms with Crippen LogP contribution in [0.2, 0.25) is 0 Å². The maximum Gasteiger partial charge on any atom is 0.165 e. The minimum Gasteiger partial charge on any atom is -0.291 e. The van der Waals surface area contributed by atoms with Gasteiger partial charge in [0.05, 0.1) is 22.1 Å². The van der Waals surface area contributed by atoms with Crippen molar-refractivity contribution in [3.63, 3.8) is 0 Å². The van der Waals surface area contributed by atoms with Gasteiger partial charge in [-0.1, -0.05) is 80.6 Å². The van der Waals surface area contributed by atoms with Gasteiger partial charge in [-0.3, -0.25) is 4.40 Å². The quantitative estimate of drug-likeness (QED) is 0.190. The molecule has 0 radical (unpaired) electrons. The summed E-state index contributed by atoms with van der Waals surface area (Å²) >= 11 is 1.87. The molecule has 10 aromatic rings. The molecule has 0 unspecified atom stereocenters. The molecule has 0 atom stereocenters. The predicted molar refractivity (Wildman–Crippen MR) is 190 cm³/mol. The lowest BCUT2D eigenvalue weighted by atomic mass is 9.82. The Labute approximate surface area is 262 Å². The molecule has 0 fully saturated rings. The third-order valence-electron chi connectivity index (χ3n) is 10.3. The van der Waals surface area contributed by atoms with Crippen molar-refractivity contribution >= 4 is 80.9 Å². The first-order valence-corrected chi connectivity index (χ1v) is 16.3. The van der Waals surface area contributed by atoms with Crippen LogP contribution >= 0.6 is 11.3 Å². The van der Waals surface area contributed by atoms with E-state index in [0.717, 1.165) is 27.6 Å². The monoisotopic (exact) mass is 591 g/mol. The fourth-order valence-electron chi connectivity index (χ4n) is 8.25. The predicted octanol–water partition coefficient (Wildman–Crippen LogP) is 11.1. The Hall–Kier alpha value is -5.32. The Bertz CT molecular complexity index is 2910. The molecule has 0 saturated carbocycles.